The highest BCUT2D eigenvalue weighted by Crippen LogP contribution is 2.15. The van der Waals surface area contributed by atoms with Crippen molar-refractivity contribution in [1.82, 2.24) is 9.97 Å². The van der Waals surface area contributed by atoms with E-state index < -0.39 is 16.0 Å². The molecule has 0 fully saturated rings. The van der Waals surface area contributed by atoms with Crippen molar-refractivity contribution in [1.29, 1.82) is 0 Å². The lowest BCUT2D eigenvalue weighted by Crippen LogP contribution is -2.12. The number of pyridine rings is 1. The molecule has 0 aliphatic heterocycles. The minimum atomic E-state index is -3.80. The molecule has 0 unspecified atom stereocenters. The van der Waals surface area contributed by atoms with Crippen molar-refractivity contribution < 1.29 is 18.3 Å². The summed E-state index contributed by atoms with van der Waals surface area (Å²) < 4.78 is 26.1. The van der Waals surface area contributed by atoms with Crippen LogP contribution in [0.2, 0.25) is 0 Å². The topological polar surface area (TPSA) is 112 Å². The maximum absolute atomic E-state index is 11.9. The molecule has 94 valence electrons. The van der Waals surface area contributed by atoms with Crippen LogP contribution < -0.4 is 4.72 Å². The summed E-state index contributed by atoms with van der Waals surface area (Å²) in [4.78, 5) is 16.6. The van der Waals surface area contributed by atoms with E-state index in [1.807, 2.05) is 0 Å². The van der Waals surface area contributed by atoms with Crippen LogP contribution in [0.3, 0.4) is 0 Å². The van der Waals surface area contributed by atoms with Crippen LogP contribution >= 0.6 is 0 Å². The number of aromatic carboxylic acids is 1. The van der Waals surface area contributed by atoms with Crippen molar-refractivity contribution in [2.45, 2.75) is 4.90 Å². The summed E-state index contributed by atoms with van der Waals surface area (Å²) in [5.41, 5.74) is 0.160. The van der Waals surface area contributed by atoms with Gasteiger partial charge in [-0.2, -0.15) is 0 Å². The number of carbonyl (C=O) groups is 1. The fourth-order valence-corrected chi connectivity index (χ4v) is 2.34. The molecule has 0 aliphatic carbocycles. The van der Waals surface area contributed by atoms with Crippen LogP contribution in [0.4, 0.5) is 5.69 Å². The number of aromatic amines is 1. The largest absolute Gasteiger partial charge is 0.477 e. The maximum Gasteiger partial charge on any atom is 0.352 e. The van der Waals surface area contributed by atoms with Gasteiger partial charge in [-0.05, 0) is 18.2 Å². The van der Waals surface area contributed by atoms with Crippen LogP contribution in [0.25, 0.3) is 0 Å². The van der Waals surface area contributed by atoms with E-state index in [-0.39, 0.29) is 10.6 Å². The normalized spacial score (nSPS) is 11.1. The van der Waals surface area contributed by atoms with Gasteiger partial charge in [0.15, 0.2) is 0 Å². The number of nitrogens with one attached hydrogen (secondary N) is 2. The Hall–Kier alpha value is -2.35. The lowest BCUT2D eigenvalue weighted by molar-refractivity contribution is 0.0691. The fraction of sp³-hybridized carbons (Fsp3) is 0. The molecule has 8 heteroatoms. The molecular formula is C10H9N3O4S. The van der Waals surface area contributed by atoms with Crippen LogP contribution in [-0.4, -0.2) is 29.5 Å². The van der Waals surface area contributed by atoms with Gasteiger partial charge in [0.05, 0.1) is 5.69 Å². The van der Waals surface area contributed by atoms with Crippen molar-refractivity contribution >= 4 is 21.7 Å². The predicted octanol–water partition coefficient (Wildman–Crippen LogP) is 0.909. The van der Waals surface area contributed by atoms with Gasteiger partial charge < -0.3 is 10.1 Å². The van der Waals surface area contributed by atoms with Gasteiger partial charge in [-0.3, -0.25) is 9.71 Å². The van der Waals surface area contributed by atoms with E-state index in [2.05, 4.69) is 14.7 Å². The average Bonchev–Trinajstić information content (AvgIpc) is 2.79. The molecule has 2 aromatic heterocycles. The lowest BCUT2D eigenvalue weighted by Gasteiger charge is -2.04. The molecule has 3 N–H and O–H groups in total. The van der Waals surface area contributed by atoms with Gasteiger partial charge in [-0.15, -0.1) is 0 Å². The minimum absolute atomic E-state index is 0.142. The van der Waals surface area contributed by atoms with Gasteiger partial charge in [0.2, 0.25) is 0 Å². The number of H-pyrrole nitrogens is 1. The third-order valence-corrected chi connectivity index (χ3v) is 3.49. The Morgan fingerprint density at radius 3 is 2.56 bits per heavy atom. The quantitative estimate of drug-likeness (QED) is 0.762. The second-order valence-corrected chi connectivity index (χ2v) is 5.08. The van der Waals surface area contributed by atoms with Crippen molar-refractivity contribution in [3.05, 3.63) is 42.5 Å². The van der Waals surface area contributed by atoms with Crippen molar-refractivity contribution in [2.75, 3.05) is 4.72 Å². The number of sulfonamides is 1. The standard InChI is InChI=1S/C10H9N3O4S/c14-10(15)9-5-8(6-12-9)18(16,17)13-7-1-3-11-4-2-7/h1-6,12H,(H,11,13)(H,14,15). The first-order valence-corrected chi connectivity index (χ1v) is 6.32. The van der Waals surface area contributed by atoms with E-state index >= 15 is 0 Å². The summed E-state index contributed by atoms with van der Waals surface area (Å²) in [6.45, 7) is 0. The van der Waals surface area contributed by atoms with Gasteiger partial charge in [-0.1, -0.05) is 0 Å². The number of aromatic nitrogens is 2. The number of carboxylic acid groups (broad SMARTS) is 1. The molecule has 0 saturated carbocycles. The van der Waals surface area contributed by atoms with E-state index in [0.717, 1.165) is 12.3 Å². The van der Waals surface area contributed by atoms with Crippen molar-refractivity contribution in [3.8, 4) is 0 Å². The zero-order chi connectivity index (χ0) is 13.2. The number of carboxylic acids is 1. The number of hydrogen-bond acceptors (Lipinski definition) is 4. The first-order valence-electron chi connectivity index (χ1n) is 4.83. The molecule has 0 radical (unpaired) electrons. The molecule has 2 rings (SSSR count). The van der Waals surface area contributed by atoms with Crippen LogP contribution in [-0.2, 0) is 10.0 Å². The highest BCUT2D eigenvalue weighted by Gasteiger charge is 2.18. The van der Waals surface area contributed by atoms with Gasteiger partial charge in [-0.25, -0.2) is 13.2 Å². The van der Waals surface area contributed by atoms with Crippen LogP contribution in [0.1, 0.15) is 10.5 Å². The van der Waals surface area contributed by atoms with Gasteiger partial charge in [0.25, 0.3) is 10.0 Å². The third-order valence-electron chi connectivity index (χ3n) is 2.13. The Morgan fingerprint density at radius 2 is 2.00 bits per heavy atom. The Labute approximate surface area is 103 Å². The molecule has 0 spiro atoms. The number of hydrogen-bond donors (Lipinski definition) is 3. The van der Waals surface area contributed by atoms with E-state index in [1.54, 1.807) is 0 Å². The Kier molecular flexibility index (Phi) is 3.02. The Bertz CT molecular complexity index is 663. The molecular weight excluding hydrogens is 258 g/mol. The highest BCUT2D eigenvalue weighted by molar-refractivity contribution is 7.92. The SMILES string of the molecule is O=C(O)c1cc(S(=O)(=O)Nc2ccncc2)c[nH]1. The average molecular weight is 267 g/mol. The van der Waals surface area contributed by atoms with E-state index in [0.29, 0.717) is 5.69 Å². The Balaban J connectivity index is 2.28. The summed E-state index contributed by atoms with van der Waals surface area (Å²) in [6.07, 6.45) is 4.00. The molecule has 18 heavy (non-hydrogen) atoms. The smallest absolute Gasteiger partial charge is 0.352 e. The summed E-state index contributed by atoms with van der Waals surface area (Å²) in [6, 6.07) is 4.02. The second kappa shape index (κ2) is 4.49. The van der Waals surface area contributed by atoms with E-state index in [1.165, 1.54) is 24.5 Å². The molecule has 7 nitrogen and oxygen atoms in total. The van der Waals surface area contributed by atoms with E-state index in [9.17, 15) is 13.2 Å². The second-order valence-electron chi connectivity index (χ2n) is 3.40. The summed E-state index contributed by atoms with van der Waals surface area (Å²) >= 11 is 0. The lowest BCUT2D eigenvalue weighted by atomic mass is 10.4. The monoisotopic (exact) mass is 267 g/mol. The zero-order valence-corrected chi connectivity index (χ0v) is 9.81. The highest BCUT2D eigenvalue weighted by atomic mass is 32.2. The van der Waals surface area contributed by atoms with E-state index in [4.69, 9.17) is 5.11 Å². The molecule has 0 aliphatic rings. The fourth-order valence-electron chi connectivity index (χ4n) is 1.29. The molecule has 0 amide bonds. The van der Waals surface area contributed by atoms with Crippen molar-refractivity contribution in [2.24, 2.45) is 0 Å². The summed E-state index contributed by atoms with van der Waals surface area (Å²) in [5.74, 6) is -1.22. The van der Waals surface area contributed by atoms with Crippen LogP contribution in [0.5, 0.6) is 0 Å². The van der Waals surface area contributed by atoms with Crippen LogP contribution in [0.15, 0.2) is 41.7 Å². The van der Waals surface area contributed by atoms with Gasteiger partial charge in [0.1, 0.15) is 10.6 Å². The minimum Gasteiger partial charge on any atom is -0.477 e. The molecule has 0 bridgehead atoms. The Morgan fingerprint density at radius 1 is 1.33 bits per heavy atom. The summed E-state index contributed by atoms with van der Waals surface area (Å²) in [5, 5.41) is 8.70. The molecule has 0 atom stereocenters. The number of anilines is 1. The van der Waals surface area contributed by atoms with Gasteiger partial charge >= 0.3 is 5.97 Å². The van der Waals surface area contributed by atoms with Crippen molar-refractivity contribution in [3.63, 3.8) is 0 Å². The number of nitrogens with zero attached hydrogens (tertiary/aromatic N) is 1. The molecule has 2 heterocycles. The molecule has 0 saturated heterocycles. The summed E-state index contributed by atoms with van der Waals surface area (Å²) in [7, 11) is -3.80. The zero-order valence-electron chi connectivity index (χ0n) is 8.99. The van der Waals surface area contributed by atoms with Gasteiger partial charge in [0, 0.05) is 18.6 Å². The first-order chi connectivity index (χ1) is 8.49. The predicted molar refractivity (Wildman–Crippen MR) is 62.8 cm³/mol. The first kappa shape index (κ1) is 12.1. The number of rotatable bonds is 4. The maximum atomic E-state index is 11.9. The molecule has 2 aromatic rings. The third kappa shape index (κ3) is 2.48. The molecule has 0 aromatic carbocycles. The van der Waals surface area contributed by atoms with Crippen LogP contribution in [0, 0.1) is 0 Å².